The number of hydrogen-bond donors (Lipinski definition) is 0. The molecular formula is C22H33N5O6P2S3. The van der Waals surface area contributed by atoms with Crippen LogP contribution in [0.3, 0.4) is 0 Å². The fourth-order valence-electron chi connectivity index (χ4n) is 2.80. The molecule has 0 unspecified atom stereocenters. The number of aryl methyl sites for hydroxylation is 1. The van der Waals surface area contributed by atoms with Crippen LogP contribution in [-0.2, 0) is 47.6 Å². The molecule has 0 aliphatic carbocycles. The van der Waals surface area contributed by atoms with E-state index in [9.17, 15) is 4.79 Å². The largest absolute Gasteiger partial charge is 0.406 e. The van der Waals surface area contributed by atoms with Gasteiger partial charge in [0, 0.05) is 43.7 Å². The second-order valence-corrected chi connectivity index (χ2v) is 17.1. The molecule has 0 radical (unpaired) electrons. The molecule has 0 fully saturated rings. The molecule has 0 aliphatic heterocycles. The highest BCUT2D eigenvalue weighted by Gasteiger charge is 2.23. The van der Waals surface area contributed by atoms with Gasteiger partial charge in [-0.2, -0.15) is 9.67 Å². The predicted octanol–water partition coefficient (Wildman–Crippen LogP) is 5.58. The molecule has 3 aromatic rings. The quantitative estimate of drug-likeness (QED) is 0.234. The maximum absolute atomic E-state index is 12.2. The van der Waals surface area contributed by atoms with E-state index in [1.165, 1.54) is 30.3 Å². The summed E-state index contributed by atoms with van der Waals surface area (Å²) in [5.41, 5.74) is -1.19. The molecule has 0 saturated heterocycles. The first-order chi connectivity index (χ1) is 18.0. The molecule has 11 nitrogen and oxygen atoms in total. The van der Waals surface area contributed by atoms with Crippen molar-refractivity contribution in [3.05, 3.63) is 52.2 Å². The van der Waals surface area contributed by atoms with Crippen LogP contribution >= 0.6 is 23.8 Å². The van der Waals surface area contributed by atoms with Crippen LogP contribution < -0.4 is 10.1 Å². The lowest BCUT2D eigenvalue weighted by atomic mass is 10.2. The van der Waals surface area contributed by atoms with Gasteiger partial charge in [-0.3, -0.25) is 13.8 Å². The third-order valence-electron chi connectivity index (χ3n) is 4.56. The number of hydrogen-bond acceptors (Lipinski definition) is 13. The Kier molecular flexibility index (Phi) is 13.4. The molecule has 2 heterocycles. The van der Waals surface area contributed by atoms with E-state index in [1.807, 2.05) is 40.7 Å². The number of benzene rings is 1. The van der Waals surface area contributed by atoms with Crippen molar-refractivity contribution in [1.82, 2.24) is 25.0 Å². The molecule has 0 saturated carbocycles. The summed E-state index contributed by atoms with van der Waals surface area (Å²) in [7, 11) is 2.98. The predicted molar refractivity (Wildman–Crippen MR) is 159 cm³/mol. The van der Waals surface area contributed by atoms with Gasteiger partial charge in [-0.15, -0.1) is 5.10 Å². The van der Waals surface area contributed by atoms with Gasteiger partial charge in [-0.25, -0.2) is 4.98 Å². The summed E-state index contributed by atoms with van der Waals surface area (Å²) in [6.07, 6.45) is 0. The first-order valence-corrected chi connectivity index (χ1v) is 18.4. The molecule has 0 spiro atoms. The van der Waals surface area contributed by atoms with Crippen LogP contribution in [0.5, 0.6) is 5.88 Å². The molecular weight excluding hydrogens is 588 g/mol. The van der Waals surface area contributed by atoms with E-state index < -0.39 is 12.4 Å². The third-order valence-corrected chi connectivity index (χ3v) is 12.6. The van der Waals surface area contributed by atoms with Gasteiger partial charge in [-0.05, 0) is 56.1 Å². The highest BCUT2D eigenvalue weighted by Crippen LogP contribution is 2.60. The molecule has 210 valence electrons. The van der Waals surface area contributed by atoms with E-state index >= 15 is 0 Å². The van der Waals surface area contributed by atoms with Crippen LogP contribution in [0.1, 0.15) is 45.1 Å². The second-order valence-electron chi connectivity index (χ2n) is 7.72. The zero-order chi connectivity index (χ0) is 28.3. The Morgan fingerprint density at radius 1 is 1.05 bits per heavy atom. The van der Waals surface area contributed by atoms with Crippen molar-refractivity contribution in [1.29, 1.82) is 0 Å². The SMILES string of the molecule is CCOP(=S)(OCC)Oc1cc(C)nc(C(C)C)n1.COP(=S)(OC)SCn1nnc2ccccc2c1=O. The van der Waals surface area contributed by atoms with Gasteiger partial charge < -0.3 is 13.6 Å². The summed E-state index contributed by atoms with van der Waals surface area (Å²) in [6, 6.07) is 8.81. The van der Waals surface area contributed by atoms with Crippen molar-refractivity contribution in [2.75, 3.05) is 27.4 Å². The maximum atomic E-state index is 12.2. The maximum Gasteiger partial charge on any atom is 0.381 e. The average Bonchev–Trinajstić information content (AvgIpc) is 2.88. The van der Waals surface area contributed by atoms with Gasteiger partial charge in [-0.1, -0.05) is 31.2 Å². The molecule has 38 heavy (non-hydrogen) atoms. The van der Waals surface area contributed by atoms with Gasteiger partial charge >= 0.3 is 6.72 Å². The summed E-state index contributed by atoms with van der Waals surface area (Å²) in [5, 5.41) is 8.39. The first kappa shape index (κ1) is 32.9. The fourth-order valence-corrected chi connectivity index (χ4v) is 7.39. The Bertz CT molecular complexity index is 1340. The molecule has 16 heteroatoms. The van der Waals surface area contributed by atoms with Crippen molar-refractivity contribution in [2.45, 2.75) is 46.4 Å². The van der Waals surface area contributed by atoms with E-state index in [0.29, 0.717) is 30.0 Å². The minimum absolute atomic E-state index is 0.202. The van der Waals surface area contributed by atoms with E-state index in [1.54, 1.807) is 24.3 Å². The molecule has 3 rings (SSSR count). The molecule has 1 aromatic carbocycles. The number of rotatable bonds is 12. The van der Waals surface area contributed by atoms with E-state index in [-0.39, 0.29) is 17.4 Å². The zero-order valence-corrected chi connectivity index (χ0v) is 26.6. The molecule has 0 N–H and O–H groups in total. The van der Waals surface area contributed by atoms with Crippen molar-refractivity contribution >= 4 is 58.3 Å². The van der Waals surface area contributed by atoms with Crippen LogP contribution in [0.4, 0.5) is 0 Å². The van der Waals surface area contributed by atoms with Gasteiger partial charge in [0.25, 0.3) is 5.56 Å². The Labute approximate surface area is 237 Å². The number of nitrogens with zero attached hydrogens (tertiary/aromatic N) is 5. The van der Waals surface area contributed by atoms with Gasteiger partial charge in [0.05, 0.1) is 18.6 Å². The normalized spacial score (nSPS) is 11.9. The first-order valence-electron chi connectivity index (χ1n) is 11.6. The topological polar surface area (TPSA) is 120 Å². The van der Waals surface area contributed by atoms with Crippen LogP contribution in [0.15, 0.2) is 35.1 Å². The Morgan fingerprint density at radius 3 is 2.26 bits per heavy atom. The smallest absolute Gasteiger partial charge is 0.381 e. The standard InChI is InChI=1S/C12H21N2O3PS.C10H12N3O3PS2/c1-6-15-18(19,16-7-2)17-11-8-10(5)13-12(14-11)9(3)4;1-15-17(18,16-2)19-7-13-10(14)8-5-3-4-6-9(8)11-12-13/h8-9H,6-7H2,1-5H3;3-6H,7H2,1-2H3. The third kappa shape index (κ3) is 9.69. The highest BCUT2D eigenvalue weighted by atomic mass is 32.9. The minimum atomic E-state index is -2.77. The summed E-state index contributed by atoms with van der Waals surface area (Å²) < 4.78 is 28.1. The van der Waals surface area contributed by atoms with Crippen molar-refractivity contribution in [3.8, 4) is 5.88 Å². The Balaban J connectivity index is 0.000000267. The van der Waals surface area contributed by atoms with E-state index in [4.69, 9.17) is 46.2 Å². The van der Waals surface area contributed by atoms with Gasteiger partial charge in [0.1, 0.15) is 17.2 Å². The molecule has 0 atom stereocenters. The summed E-state index contributed by atoms with van der Waals surface area (Å²) >= 11 is 11.8. The van der Waals surface area contributed by atoms with Crippen LogP contribution in [0, 0.1) is 6.92 Å². The summed E-state index contributed by atoms with van der Waals surface area (Å²) in [6.45, 7) is 7.78. The average molecular weight is 622 g/mol. The number of fused-ring (bicyclic) bond motifs is 1. The van der Waals surface area contributed by atoms with Gasteiger partial charge in [0.2, 0.25) is 11.6 Å². The highest BCUT2D eigenvalue weighted by molar-refractivity contribution is 8.67. The van der Waals surface area contributed by atoms with Crippen LogP contribution in [0.25, 0.3) is 10.9 Å². The van der Waals surface area contributed by atoms with Gasteiger partial charge in [0.15, 0.2) is 0 Å². The summed E-state index contributed by atoms with van der Waals surface area (Å²) in [5.74, 6) is 1.61. The Morgan fingerprint density at radius 2 is 1.68 bits per heavy atom. The van der Waals surface area contributed by atoms with Crippen LogP contribution in [0.2, 0.25) is 0 Å². The lowest BCUT2D eigenvalue weighted by Gasteiger charge is -2.20. The van der Waals surface area contributed by atoms with Crippen LogP contribution in [-0.4, -0.2) is 52.4 Å². The van der Waals surface area contributed by atoms with Crippen molar-refractivity contribution < 1.29 is 22.6 Å². The Hall–Kier alpha value is -1.34. The zero-order valence-electron chi connectivity index (χ0n) is 22.4. The lowest BCUT2D eigenvalue weighted by Crippen LogP contribution is -2.23. The van der Waals surface area contributed by atoms with E-state index in [0.717, 1.165) is 11.5 Å². The van der Waals surface area contributed by atoms with Crippen molar-refractivity contribution in [2.24, 2.45) is 0 Å². The lowest BCUT2D eigenvalue weighted by molar-refractivity contribution is 0.215. The molecule has 2 aromatic heterocycles. The summed E-state index contributed by atoms with van der Waals surface area (Å²) in [4.78, 5) is 20.9. The van der Waals surface area contributed by atoms with E-state index in [2.05, 4.69) is 20.3 Å². The number of aromatic nitrogens is 5. The monoisotopic (exact) mass is 621 g/mol. The molecule has 0 bridgehead atoms. The molecule has 0 amide bonds. The second kappa shape index (κ2) is 15.4. The molecule has 0 aliphatic rings. The minimum Gasteiger partial charge on any atom is -0.406 e. The fraction of sp³-hybridized carbons (Fsp3) is 0.500. The van der Waals surface area contributed by atoms with Crippen molar-refractivity contribution in [3.63, 3.8) is 0 Å².